The normalized spacial score (nSPS) is 11.9. The molecule has 7 heteroatoms. The van der Waals surface area contributed by atoms with Crippen molar-refractivity contribution in [3.05, 3.63) is 64.8 Å². The minimum atomic E-state index is -0.540. The number of halogens is 1. The van der Waals surface area contributed by atoms with Crippen LogP contribution >= 0.6 is 11.3 Å². The zero-order chi connectivity index (χ0) is 19.5. The van der Waals surface area contributed by atoms with Crippen molar-refractivity contribution in [2.24, 2.45) is 0 Å². The Labute approximate surface area is 165 Å². The number of methoxy groups -OCH3 is 1. The zero-order valence-electron chi connectivity index (χ0n) is 15.2. The summed E-state index contributed by atoms with van der Waals surface area (Å²) in [7, 11) is 1.55. The number of amides is 1. The maximum Gasteiger partial charge on any atom is 0.265 e. The molecule has 144 valence electrons. The van der Waals surface area contributed by atoms with Gasteiger partial charge in [-0.15, -0.1) is 11.3 Å². The van der Waals surface area contributed by atoms with Crippen molar-refractivity contribution in [2.75, 3.05) is 25.6 Å². The third-order valence-corrected chi connectivity index (χ3v) is 5.49. The molecule has 0 atom stereocenters. The van der Waals surface area contributed by atoms with Gasteiger partial charge in [0.2, 0.25) is 0 Å². The molecule has 4 rings (SSSR count). The first-order chi connectivity index (χ1) is 13.7. The highest BCUT2D eigenvalue weighted by Gasteiger charge is 2.22. The van der Waals surface area contributed by atoms with Crippen molar-refractivity contribution in [1.29, 1.82) is 0 Å². The van der Waals surface area contributed by atoms with E-state index in [4.69, 9.17) is 14.2 Å². The average Bonchev–Trinajstić information content (AvgIpc) is 3.15. The van der Waals surface area contributed by atoms with Gasteiger partial charge in [0.15, 0.2) is 11.6 Å². The number of nitrogens with one attached hydrogen (secondary N) is 1. The highest BCUT2D eigenvalue weighted by Crippen LogP contribution is 2.42. The van der Waals surface area contributed by atoms with Crippen LogP contribution in [0.25, 0.3) is 10.4 Å². The van der Waals surface area contributed by atoms with Gasteiger partial charge >= 0.3 is 0 Å². The van der Waals surface area contributed by atoms with Gasteiger partial charge in [0.1, 0.15) is 19.0 Å². The fraction of sp³-hybridized carbons (Fsp3) is 0.190. The molecule has 28 heavy (non-hydrogen) atoms. The molecule has 5 nitrogen and oxygen atoms in total. The maximum atomic E-state index is 14.2. The second-order valence-corrected chi connectivity index (χ2v) is 7.24. The summed E-state index contributed by atoms with van der Waals surface area (Å²) in [6, 6.07) is 13.9. The molecule has 2 aromatic carbocycles. The van der Waals surface area contributed by atoms with Crippen molar-refractivity contribution >= 4 is 22.9 Å². The van der Waals surface area contributed by atoms with E-state index in [9.17, 15) is 9.18 Å². The number of rotatable bonds is 6. The fourth-order valence-electron chi connectivity index (χ4n) is 2.93. The topological polar surface area (TPSA) is 56.8 Å². The minimum absolute atomic E-state index is 0.121. The molecule has 0 spiro atoms. The summed E-state index contributed by atoms with van der Waals surface area (Å²) in [5.74, 6) is 0.108. The first-order valence-electron chi connectivity index (χ1n) is 8.73. The first kappa shape index (κ1) is 18.5. The number of hydrogen-bond donors (Lipinski definition) is 1. The Morgan fingerprint density at radius 1 is 1.21 bits per heavy atom. The lowest BCUT2D eigenvalue weighted by Gasteiger charge is -2.16. The molecule has 1 aliphatic heterocycles. The Morgan fingerprint density at radius 3 is 2.89 bits per heavy atom. The summed E-state index contributed by atoms with van der Waals surface area (Å²) in [6.07, 6.45) is 0. The molecule has 0 aliphatic carbocycles. The molecule has 0 saturated heterocycles. The molecule has 0 fully saturated rings. The quantitative estimate of drug-likeness (QED) is 0.609. The van der Waals surface area contributed by atoms with E-state index in [-0.39, 0.29) is 18.3 Å². The highest BCUT2D eigenvalue weighted by molar-refractivity contribution is 7.17. The summed E-state index contributed by atoms with van der Waals surface area (Å²) in [6.45, 7) is 1.05. The smallest absolute Gasteiger partial charge is 0.265 e. The molecule has 1 amide bonds. The molecule has 1 aromatic heterocycles. The number of carbonyl (C=O) groups excluding carboxylic acids is 1. The van der Waals surface area contributed by atoms with Crippen LogP contribution < -0.4 is 14.8 Å². The number of para-hydroxylation sites is 1. The standard InChI is InChI=1S/C21H18FNO4S/c1-25-8-9-26-18-7-6-14(11-16(18)22)23-21(24)19-10-13-12-27-17-5-3-2-4-15(17)20(13)28-19/h2-7,10-11H,8-9,12H2,1H3,(H,23,24). The van der Waals surface area contributed by atoms with Gasteiger partial charge in [-0.1, -0.05) is 12.1 Å². The number of benzene rings is 2. The third kappa shape index (κ3) is 3.72. The van der Waals surface area contributed by atoms with Crippen LogP contribution in [0.1, 0.15) is 15.2 Å². The van der Waals surface area contributed by atoms with Crippen LogP contribution in [0.15, 0.2) is 48.5 Å². The van der Waals surface area contributed by atoms with Gasteiger partial charge in [-0.3, -0.25) is 4.79 Å². The Balaban J connectivity index is 1.49. The Morgan fingerprint density at radius 2 is 2.07 bits per heavy atom. The van der Waals surface area contributed by atoms with E-state index in [1.807, 2.05) is 30.3 Å². The molecule has 0 radical (unpaired) electrons. The van der Waals surface area contributed by atoms with Crippen LogP contribution in [-0.2, 0) is 11.3 Å². The SMILES string of the molecule is COCCOc1ccc(NC(=O)c2cc3c(s2)-c2ccccc2OC3)cc1F. The lowest BCUT2D eigenvalue weighted by atomic mass is 10.1. The summed E-state index contributed by atoms with van der Waals surface area (Å²) in [5.41, 5.74) is 2.32. The Hall–Kier alpha value is -2.90. The Kier molecular flexibility index (Phi) is 5.27. The van der Waals surface area contributed by atoms with E-state index in [1.54, 1.807) is 13.2 Å². The molecular formula is C21H18FNO4S. The number of anilines is 1. The first-order valence-corrected chi connectivity index (χ1v) is 9.55. The lowest BCUT2D eigenvalue weighted by molar-refractivity contribution is 0.103. The number of ether oxygens (including phenoxy) is 3. The minimum Gasteiger partial charge on any atom is -0.488 e. The number of hydrogen-bond acceptors (Lipinski definition) is 5. The highest BCUT2D eigenvalue weighted by atomic mass is 32.1. The van der Waals surface area contributed by atoms with E-state index in [2.05, 4.69) is 5.32 Å². The van der Waals surface area contributed by atoms with Gasteiger partial charge in [-0.2, -0.15) is 0 Å². The van der Waals surface area contributed by atoms with Crippen LogP contribution in [0.5, 0.6) is 11.5 Å². The molecule has 0 unspecified atom stereocenters. The molecule has 1 aliphatic rings. The summed E-state index contributed by atoms with van der Waals surface area (Å²) in [4.78, 5) is 14.2. The lowest BCUT2D eigenvalue weighted by Crippen LogP contribution is -2.11. The third-order valence-electron chi connectivity index (χ3n) is 4.28. The van der Waals surface area contributed by atoms with Crippen LogP contribution in [-0.4, -0.2) is 26.2 Å². The van der Waals surface area contributed by atoms with Gasteiger partial charge < -0.3 is 19.5 Å². The molecule has 1 N–H and O–H groups in total. The largest absolute Gasteiger partial charge is 0.488 e. The predicted octanol–water partition coefficient (Wildman–Crippen LogP) is 4.72. The van der Waals surface area contributed by atoms with E-state index in [1.165, 1.54) is 23.5 Å². The summed E-state index contributed by atoms with van der Waals surface area (Å²) in [5, 5.41) is 2.74. The van der Waals surface area contributed by atoms with Gasteiger partial charge in [0.25, 0.3) is 5.91 Å². The van der Waals surface area contributed by atoms with Crippen molar-refractivity contribution < 1.29 is 23.4 Å². The van der Waals surface area contributed by atoms with Gasteiger partial charge in [-0.05, 0) is 30.3 Å². The second kappa shape index (κ2) is 8.00. The molecule has 0 saturated carbocycles. The summed E-state index contributed by atoms with van der Waals surface area (Å²) < 4.78 is 30.0. The number of thiophene rings is 1. The van der Waals surface area contributed by atoms with Gasteiger partial charge in [-0.25, -0.2) is 4.39 Å². The van der Waals surface area contributed by atoms with E-state index < -0.39 is 5.82 Å². The van der Waals surface area contributed by atoms with Crippen molar-refractivity contribution in [3.63, 3.8) is 0 Å². The Bertz CT molecular complexity index is 1020. The monoisotopic (exact) mass is 399 g/mol. The number of fused-ring (bicyclic) bond motifs is 3. The van der Waals surface area contributed by atoms with Crippen LogP contribution in [0.2, 0.25) is 0 Å². The molecule has 3 aromatic rings. The molecule has 2 heterocycles. The molecule has 0 bridgehead atoms. The van der Waals surface area contributed by atoms with Crippen molar-refractivity contribution in [2.45, 2.75) is 6.61 Å². The van der Waals surface area contributed by atoms with E-state index >= 15 is 0 Å². The predicted molar refractivity (Wildman–Crippen MR) is 106 cm³/mol. The number of carbonyl (C=O) groups is 1. The van der Waals surface area contributed by atoms with Crippen LogP contribution in [0, 0.1) is 5.82 Å². The van der Waals surface area contributed by atoms with Crippen molar-refractivity contribution in [1.82, 2.24) is 0 Å². The van der Waals surface area contributed by atoms with Gasteiger partial charge in [0.05, 0.1) is 11.5 Å². The average molecular weight is 399 g/mol. The second-order valence-electron chi connectivity index (χ2n) is 6.19. The van der Waals surface area contributed by atoms with E-state index in [0.717, 1.165) is 21.8 Å². The fourth-order valence-corrected chi connectivity index (χ4v) is 4.03. The maximum absolute atomic E-state index is 14.2. The van der Waals surface area contributed by atoms with Gasteiger partial charge in [0, 0.05) is 34.9 Å². The zero-order valence-corrected chi connectivity index (χ0v) is 16.0. The summed E-state index contributed by atoms with van der Waals surface area (Å²) >= 11 is 1.40. The van der Waals surface area contributed by atoms with Crippen molar-refractivity contribution in [3.8, 4) is 21.9 Å². The van der Waals surface area contributed by atoms with E-state index in [0.29, 0.717) is 23.8 Å². The molecular weight excluding hydrogens is 381 g/mol. The van der Waals surface area contributed by atoms with Crippen LogP contribution in [0.4, 0.5) is 10.1 Å². The van der Waals surface area contributed by atoms with Crippen LogP contribution in [0.3, 0.4) is 0 Å².